The van der Waals surface area contributed by atoms with E-state index in [9.17, 15) is 4.79 Å². The molecule has 3 rings (SSSR count). The van der Waals surface area contributed by atoms with Crippen molar-refractivity contribution in [3.8, 4) is 0 Å². The molecule has 2 heterocycles. The Morgan fingerprint density at radius 3 is 2.78 bits per heavy atom. The van der Waals surface area contributed by atoms with E-state index >= 15 is 0 Å². The zero-order valence-corrected chi connectivity index (χ0v) is 14.9. The fraction of sp³-hybridized carbons (Fsp3) is 0.778. The van der Waals surface area contributed by atoms with Crippen LogP contribution in [0.4, 0.5) is 0 Å². The van der Waals surface area contributed by atoms with E-state index in [1.54, 1.807) is 0 Å². The van der Waals surface area contributed by atoms with Gasteiger partial charge in [-0.05, 0) is 44.6 Å². The number of carbonyl (C=O) groups excluding carboxylic acids is 1. The number of aromatic nitrogens is 2. The second kappa shape index (κ2) is 6.63. The van der Waals surface area contributed by atoms with Crippen molar-refractivity contribution in [2.45, 2.75) is 46.0 Å². The molecule has 23 heavy (non-hydrogen) atoms. The van der Waals surface area contributed by atoms with E-state index in [-0.39, 0.29) is 5.91 Å². The Morgan fingerprint density at radius 1 is 1.39 bits per heavy atom. The second-order valence-corrected chi connectivity index (χ2v) is 7.88. The number of rotatable bonds is 6. The maximum atomic E-state index is 12.9. The van der Waals surface area contributed by atoms with Crippen LogP contribution in [0.5, 0.6) is 0 Å². The van der Waals surface area contributed by atoms with E-state index in [2.05, 4.69) is 28.9 Å². The van der Waals surface area contributed by atoms with Crippen LogP contribution in [0.3, 0.4) is 0 Å². The van der Waals surface area contributed by atoms with Crippen LogP contribution in [0.25, 0.3) is 0 Å². The van der Waals surface area contributed by atoms with Crippen molar-refractivity contribution in [1.82, 2.24) is 20.0 Å². The van der Waals surface area contributed by atoms with Crippen molar-refractivity contribution in [2.24, 2.45) is 11.8 Å². The summed E-state index contributed by atoms with van der Waals surface area (Å²) in [5, 5.41) is 7.39. The van der Waals surface area contributed by atoms with Crippen LogP contribution in [0.2, 0.25) is 0 Å². The Morgan fingerprint density at radius 2 is 2.13 bits per heavy atom. The van der Waals surface area contributed by atoms with Gasteiger partial charge >= 0.3 is 0 Å². The topological polar surface area (TPSA) is 52.2 Å². The third-order valence-corrected chi connectivity index (χ3v) is 5.03. The number of likely N-dealkylation sites (tertiary alicyclic amines) is 1. The van der Waals surface area contributed by atoms with E-state index in [4.69, 9.17) is 0 Å². The van der Waals surface area contributed by atoms with Crippen molar-refractivity contribution in [1.29, 1.82) is 0 Å². The van der Waals surface area contributed by atoms with Crippen molar-refractivity contribution in [3.05, 3.63) is 17.0 Å². The maximum Gasteiger partial charge on any atom is 0.257 e. The van der Waals surface area contributed by atoms with Crippen LogP contribution >= 0.6 is 0 Å². The lowest BCUT2D eigenvalue weighted by atomic mass is 10.1. The minimum atomic E-state index is 0.139. The monoisotopic (exact) mass is 318 g/mol. The second-order valence-electron chi connectivity index (χ2n) is 7.88. The molecule has 1 atom stereocenters. The number of nitrogens with one attached hydrogen (secondary N) is 1. The minimum absolute atomic E-state index is 0.139. The molecule has 0 bridgehead atoms. The molecule has 5 nitrogen and oxygen atoms in total. The summed E-state index contributed by atoms with van der Waals surface area (Å²) in [5.41, 5.74) is 2.73. The van der Waals surface area contributed by atoms with Crippen molar-refractivity contribution in [2.75, 3.05) is 33.2 Å². The van der Waals surface area contributed by atoms with E-state index in [1.165, 1.54) is 32.4 Å². The Labute approximate surface area is 139 Å². The summed E-state index contributed by atoms with van der Waals surface area (Å²) in [4.78, 5) is 17.3. The molecule has 0 spiro atoms. The average molecular weight is 318 g/mol. The van der Waals surface area contributed by atoms with Crippen molar-refractivity contribution < 1.29 is 4.79 Å². The lowest BCUT2D eigenvalue weighted by Crippen LogP contribution is -2.34. The quantitative estimate of drug-likeness (QED) is 0.877. The first-order valence-electron chi connectivity index (χ1n) is 8.98. The Balaban J connectivity index is 1.59. The predicted molar refractivity (Wildman–Crippen MR) is 91.6 cm³/mol. The summed E-state index contributed by atoms with van der Waals surface area (Å²) < 4.78 is 0. The lowest BCUT2D eigenvalue weighted by Gasteiger charge is -2.23. The van der Waals surface area contributed by atoms with Gasteiger partial charge in [-0.1, -0.05) is 13.8 Å². The van der Waals surface area contributed by atoms with E-state index < -0.39 is 0 Å². The van der Waals surface area contributed by atoms with E-state index in [0.29, 0.717) is 17.8 Å². The highest BCUT2D eigenvalue weighted by Crippen LogP contribution is 2.41. The summed E-state index contributed by atoms with van der Waals surface area (Å²) in [6.45, 7) is 10.8. The molecule has 2 fully saturated rings. The van der Waals surface area contributed by atoms with Crippen LogP contribution in [0.15, 0.2) is 0 Å². The van der Waals surface area contributed by atoms with Crippen molar-refractivity contribution in [3.63, 3.8) is 0 Å². The summed E-state index contributed by atoms with van der Waals surface area (Å²) in [6, 6.07) is 0. The molecule has 0 aromatic carbocycles. The summed E-state index contributed by atoms with van der Waals surface area (Å²) >= 11 is 0. The summed E-state index contributed by atoms with van der Waals surface area (Å²) in [6.07, 6.45) is 3.53. The fourth-order valence-corrected chi connectivity index (χ4v) is 3.78. The number of aromatic amines is 1. The molecule has 1 aromatic rings. The van der Waals surface area contributed by atoms with Gasteiger partial charge in [0, 0.05) is 38.3 Å². The zero-order valence-electron chi connectivity index (χ0n) is 14.9. The molecular formula is C18H30N4O. The molecule has 0 unspecified atom stereocenters. The zero-order chi connectivity index (χ0) is 16.6. The standard InChI is InChI=1S/C18H30N4O/c1-12(2)9-22-8-7-14(11-22)10-21(4)18(23)16-13(3)19-20-17(16)15-5-6-15/h12,14-15H,5-11H2,1-4H3,(H,19,20)/t14-/m0/s1. The largest absolute Gasteiger partial charge is 0.341 e. The normalized spacial score (nSPS) is 22.0. The van der Waals surface area contributed by atoms with Gasteiger partial charge in [-0.3, -0.25) is 9.89 Å². The van der Waals surface area contributed by atoms with Crippen LogP contribution in [-0.4, -0.2) is 59.1 Å². The minimum Gasteiger partial charge on any atom is -0.341 e. The Bertz CT molecular complexity index is 561. The molecular weight excluding hydrogens is 288 g/mol. The molecule has 1 aliphatic carbocycles. The Hall–Kier alpha value is -1.36. The predicted octanol–water partition coefficient (Wildman–Crippen LogP) is 2.65. The number of aryl methyl sites for hydroxylation is 1. The van der Waals surface area contributed by atoms with Gasteiger partial charge in [-0.15, -0.1) is 0 Å². The van der Waals surface area contributed by atoms with Gasteiger partial charge in [-0.2, -0.15) is 5.10 Å². The lowest BCUT2D eigenvalue weighted by molar-refractivity contribution is 0.0771. The first-order valence-corrected chi connectivity index (χ1v) is 8.98. The number of carbonyl (C=O) groups is 1. The third-order valence-electron chi connectivity index (χ3n) is 5.03. The van der Waals surface area contributed by atoms with E-state index in [0.717, 1.165) is 30.0 Å². The first kappa shape index (κ1) is 16.5. The SMILES string of the molecule is Cc1[nH]nc(C2CC2)c1C(=O)N(C)C[C@@H]1CCN(CC(C)C)C1. The fourth-order valence-electron chi connectivity index (χ4n) is 3.78. The van der Waals surface area contributed by atoms with Gasteiger partial charge in [-0.25, -0.2) is 0 Å². The average Bonchev–Trinajstić information content (AvgIpc) is 3.13. The Kier molecular flexibility index (Phi) is 4.76. The maximum absolute atomic E-state index is 12.9. The number of hydrogen-bond acceptors (Lipinski definition) is 3. The van der Waals surface area contributed by atoms with Gasteiger partial charge in [0.05, 0.1) is 11.3 Å². The van der Waals surface area contributed by atoms with Gasteiger partial charge in [0.1, 0.15) is 0 Å². The van der Waals surface area contributed by atoms with Crippen LogP contribution in [0.1, 0.15) is 60.8 Å². The van der Waals surface area contributed by atoms with Crippen LogP contribution in [-0.2, 0) is 0 Å². The first-order chi connectivity index (χ1) is 11.0. The molecule has 1 saturated carbocycles. The smallest absolute Gasteiger partial charge is 0.257 e. The summed E-state index contributed by atoms with van der Waals surface area (Å²) in [7, 11) is 1.94. The third kappa shape index (κ3) is 3.77. The molecule has 128 valence electrons. The molecule has 1 aromatic heterocycles. The van der Waals surface area contributed by atoms with Gasteiger partial charge < -0.3 is 9.80 Å². The summed E-state index contributed by atoms with van der Waals surface area (Å²) in [5.74, 6) is 1.95. The van der Waals surface area contributed by atoms with E-state index in [1.807, 2.05) is 18.9 Å². The molecule has 2 aliphatic rings. The molecule has 0 radical (unpaired) electrons. The van der Waals surface area contributed by atoms with Crippen LogP contribution < -0.4 is 0 Å². The molecule has 1 aliphatic heterocycles. The highest BCUT2D eigenvalue weighted by atomic mass is 16.2. The van der Waals surface area contributed by atoms with Gasteiger partial charge in [0.25, 0.3) is 5.91 Å². The molecule has 1 saturated heterocycles. The van der Waals surface area contributed by atoms with Crippen LogP contribution in [0, 0.1) is 18.8 Å². The molecule has 1 amide bonds. The van der Waals surface area contributed by atoms with Gasteiger partial charge in [0.2, 0.25) is 0 Å². The van der Waals surface area contributed by atoms with Gasteiger partial charge in [0.15, 0.2) is 0 Å². The number of amides is 1. The highest BCUT2D eigenvalue weighted by molar-refractivity contribution is 5.96. The number of H-pyrrole nitrogens is 1. The number of nitrogens with zero attached hydrogens (tertiary/aromatic N) is 3. The molecule has 1 N–H and O–H groups in total. The van der Waals surface area contributed by atoms with Crippen molar-refractivity contribution >= 4 is 5.91 Å². The molecule has 5 heteroatoms. The number of hydrogen-bond donors (Lipinski definition) is 1. The highest BCUT2D eigenvalue weighted by Gasteiger charge is 2.33.